The Bertz CT molecular complexity index is 579. The second-order valence-corrected chi connectivity index (χ2v) is 7.24. The molecule has 1 saturated heterocycles. The van der Waals surface area contributed by atoms with Gasteiger partial charge in [-0.25, -0.2) is 0 Å². The first-order chi connectivity index (χ1) is 11.3. The normalized spacial score (nSPS) is 16.9. The van der Waals surface area contributed by atoms with Crippen molar-refractivity contribution in [1.82, 2.24) is 19.9 Å². The van der Waals surface area contributed by atoms with Gasteiger partial charge in [-0.15, -0.1) is 0 Å². The number of rotatable bonds is 5. The average Bonchev–Trinajstić information content (AvgIpc) is 2.85. The summed E-state index contributed by atoms with van der Waals surface area (Å²) in [6, 6.07) is 0. The van der Waals surface area contributed by atoms with E-state index >= 15 is 0 Å². The molecule has 1 aromatic rings. The summed E-state index contributed by atoms with van der Waals surface area (Å²) in [4.78, 5) is 31.6. The number of hydrogen-bond donors (Lipinski definition) is 1. The van der Waals surface area contributed by atoms with Gasteiger partial charge in [0.05, 0.1) is 6.54 Å². The van der Waals surface area contributed by atoms with Crippen LogP contribution in [-0.4, -0.2) is 64.5 Å². The molecule has 2 amide bonds. The lowest BCUT2D eigenvalue weighted by atomic mass is 9.96. The monoisotopic (exact) mass is 337 g/mol. The molecule has 8 heteroatoms. The molecular formula is C16H27N5O3. The van der Waals surface area contributed by atoms with Crippen molar-refractivity contribution >= 4 is 11.8 Å². The zero-order valence-corrected chi connectivity index (χ0v) is 14.7. The summed E-state index contributed by atoms with van der Waals surface area (Å²) in [5, 5.41) is 3.97. The highest BCUT2D eigenvalue weighted by atomic mass is 16.5. The maximum Gasteiger partial charge on any atom is 0.231 e. The third-order valence-corrected chi connectivity index (χ3v) is 4.01. The van der Waals surface area contributed by atoms with E-state index in [-0.39, 0.29) is 23.8 Å². The van der Waals surface area contributed by atoms with Gasteiger partial charge in [0.2, 0.25) is 17.7 Å². The van der Waals surface area contributed by atoms with Gasteiger partial charge in [-0.05, 0) is 6.42 Å². The highest BCUT2D eigenvalue weighted by Gasteiger charge is 2.23. The number of carbonyl (C=O) groups is 2. The van der Waals surface area contributed by atoms with Crippen molar-refractivity contribution in [2.24, 2.45) is 5.73 Å². The number of amides is 2. The summed E-state index contributed by atoms with van der Waals surface area (Å²) >= 11 is 0. The number of nitrogens with zero attached hydrogens (tertiary/aromatic N) is 4. The molecule has 2 N–H and O–H groups in total. The second-order valence-electron chi connectivity index (χ2n) is 7.24. The van der Waals surface area contributed by atoms with Crippen LogP contribution in [0.15, 0.2) is 4.52 Å². The molecule has 0 aliphatic carbocycles. The molecule has 1 aliphatic rings. The summed E-state index contributed by atoms with van der Waals surface area (Å²) in [7, 11) is 0. The first-order valence-corrected chi connectivity index (χ1v) is 8.37. The predicted molar refractivity (Wildman–Crippen MR) is 88.2 cm³/mol. The van der Waals surface area contributed by atoms with Crippen LogP contribution in [-0.2, 0) is 21.4 Å². The van der Waals surface area contributed by atoms with Crippen LogP contribution < -0.4 is 5.73 Å². The maximum absolute atomic E-state index is 12.4. The van der Waals surface area contributed by atoms with Crippen molar-refractivity contribution in [2.75, 3.05) is 32.7 Å². The van der Waals surface area contributed by atoms with Crippen LogP contribution in [0.5, 0.6) is 0 Å². The van der Waals surface area contributed by atoms with Gasteiger partial charge in [0, 0.05) is 44.4 Å². The lowest BCUT2D eigenvalue weighted by Gasteiger charge is -2.21. The Balaban J connectivity index is 1.82. The van der Waals surface area contributed by atoms with Gasteiger partial charge >= 0.3 is 0 Å². The van der Waals surface area contributed by atoms with E-state index in [0.29, 0.717) is 44.2 Å². The lowest BCUT2D eigenvalue weighted by molar-refractivity contribution is -0.131. The van der Waals surface area contributed by atoms with Gasteiger partial charge in [-0.2, -0.15) is 4.98 Å². The molecule has 134 valence electrons. The molecule has 1 fully saturated rings. The fraction of sp³-hybridized carbons (Fsp3) is 0.750. The van der Waals surface area contributed by atoms with Crippen LogP contribution in [0.2, 0.25) is 0 Å². The van der Waals surface area contributed by atoms with Crippen molar-refractivity contribution in [1.29, 1.82) is 0 Å². The largest absolute Gasteiger partial charge is 0.369 e. The van der Waals surface area contributed by atoms with E-state index in [1.54, 1.807) is 0 Å². The molecule has 0 bridgehead atoms. The van der Waals surface area contributed by atoms with E-state index in [0.717, 1.165) is 13.0 Å². The fourth-order valence-corrected chi connectivity index (χ4v) is 2.63. The van der Waals surface area contributed by atoms with Crippen molar-refractivity contribution in [3.63, 3.8) is 0 Å². The van der Waals surface area contributed by atoms with E-state index in [4.69, 9.17) is 10.3 Å². The topological polar surface area (TPSA) is 106 Å². The van der Waals surface area contributed by atoms with E-state index in [9.17, 15) is 9.59 Å². The first kappa shape index (κ1) is 18.4. The van der Waals surface area contributed by atoms with Gasteiger partial charge in [0.1, 0.15) is 0 Å². The van der Waals surface area contributed by atoms with Crippen LogP contribution in [0.25, 0.3) is 0 Å². The zero-order chi connectivity index (χ0) is 17.7. The van der Waals surface area contributed by atoms with Crippen molar-refractivity contribution in [3.8, 4) is 0 Å². The van der Waals surface area contributed by atoms with Gasteiger partial charge in [0.25, 0.3) is 0 Å². The Hall–Kier alpha value is -1.96. The van der Waals surface area contributed by atoms with Gasteiger partial charge in [-0.1, -0.05) is 25.9 Å². The predicted octanol–water partition coefficient (Wildman–Crippen LogP) is 0.319. The van der Waals surface area contributed by atoms with Crippen LogP contribution in [0.1, 0.15) is 45.3 Å². The summed E-state index contributed by atoms with van der Waals surface area (Å²) in [5.74, 6) is 0.896. The highest BCUT2D eigenvalue weighted by molar-refractivity contribution is 5.77. The molecule has 1 aromatic heterocycles. The zero-order valence-electron chi connectivity index (χ0n) is 14.7. The molecule has 2 rings (SSSR count). The number of nitrogens with two attached hydrogens (primary N) is 1. The van der Waals surface area contributed by atoms with Crippen LogP contribution in [0.3, 0.4) is 0 Å². The van der Waals surface area contributed by atoms with E-state index in [1.807, 2.05) is 30.6 Å². The van der Waals surface area contributed by atoms with Crippen molar-refractivity contribution in [2.45, 2.75) is 45.4 Å². The Morgan fingerprint density at radius 1 is 1.21 bits per heavy atom. The molecule has 1 aliphatic heterocycles. The minimum atomic E-state index is -0.333. The first-order valence-electron chi connectivity index (χ1n) is 8.37. The van der Waals surface area contributed by atoms with Gasteiger partial charge < -0.3 is 15.2 Å². The summed E-state index contributed by atoms with van der Waals surface area (Å²) in [6.07, 6.45) is 1.64. The minimum absolute atomic E-state index is 0.0754. The third-order valence-electron chi connectivity index (χ3n) is 4.01. The molecular weight excluding hydrogens is 310 g/mol. The number of primary amides is 1. The molecule has 0 unspecified atom stereocenters. The van der Waals surface area contributed by atoms with Gasteiger partial charge in [0.15, 0.2) is 5.82 Å². The van der Waals surface area contributed by atoms with Crippen LogP contribution in [0.4, 0.5) is 0 Å². The van der Waals surface area contributed by atoms with Crippen molar-refractivity contribution in [3.05, 3.63) is 11.7 Å². The number of carbonyl (C=O) groups excluding carboxylic acids is 2. The second kappa shape index (κ2) is 7.74. The van der Waals surface area contributed by atoms with E-state index < -0.39 is 0 Å². The molecule has 0 radical (unpaired) electrons. The summed E-state index contributed by atoms with van der Waals surface area (Å²) < 4.78 is 5.22. The summed E-state index contributed by atoms with van der Waals surface area (Å²) in [6.45, 7) is 9.06. The Morgan fingerprint density at radius 3 is 2.58 bits per heavy atom. The Labute approximate surface area is 142 Å². The van der Waals surface area contributed by atoms with E-state index in [1.165, 1.54) is 0 Å². The van der Waals surface area contributed by atoms with Crippen LogP contribution >= 0.6 is 0 Å². The van der Waals surface area contributed by atoms with E-state index in [2.05, 4.69) is 10.1 Å². The minimum Gasteiger partial charge on any atom is -0.369 e. The van der Waals surface area contributed by atoms with Crippen LogP contribution in [0, 0.1) is 0 Å². The maximum atomic E-state index is 12.4. The SMILES string of the molecule is CC(C)(C)c1noc(CCC(=O)N2CCCN(CC(N)=O)CC2)n1. The molecule has 0 atom stereocenters. The third kappa shape index (κ3) is 5.30. The number of aryl methyl sites for hydroxylation is 1. The van der Waals surface area contributed by atoms with Crippen molar-refractivity contribution < 1.29 is 14.1 Å². The lowest BCUT2D eigenvalue weighted by Crippen LogP contribution is -2.38. The molecule has 0 spiro atoms. The molecule has 2 heterocycles. The quantitative estimate of drug-likeness (QED) is 0.829. The standard InChI is InChI=1S/C16H27N5O3/c1-16(2,3)15-18-13(24-19-15)5-6-14(23)21-8-4-7-20(9-10-21)11-12(17)22/h4-11H2,1-3H3,(H2,17,22). The number of hydrogen-bond acceptors (Lipinski definition) is 6. The molecule has 0 saturated carbocycles. The van der Waals surface area contributed by atoms with Gasteiger partial charge in [-0.3, -0.25) is 14.5 Å². The molecule has 0 aromatic carbocycles. The molecule has 8 nitrogen and oxygen atoms in total. The highest BCUT2D eigenvalue weighted by Crippen LogP contribution is 2.19. The smallest absolute Gasteiger partial charge is 0.231 e. The number of aromatic nitrogens is 2. The average molecular weight is 337 g/mol. The summed E-state index contributed by atoms with van der Waals surface area (Å²) in [5.41, 5.74) is 5.06. The molecule has 24 heavy (non-hydrogen) atoms. The Kier molecular flexibility index (Phi) is 5.93. The Morgan fingerprint density at radius 2 is 1.96 bits per heavy atom. The fourth-order valence-electron chi connectivity index (χ4n) is 2.63.